The number of aryl methyl sites for hydroxylation is 1. The fraction of sp³-hybridized carbons (Fsp3) is 0.400. The fourth-order valence-electron chi connectivity index (χ4n) is 4.47. The Kier molecular flexibility index (Phi) is 6.60. The zero-order valence-corrected chi connectivity index (χ0v) is 19.4. The van der Waals surface area contributed by atoms with E-state index in [1.807, 2.05) is 28.9 Å². The largest absolute Gasteiger partial charge is 0.494 e. The molecule has 1 aliphatic heterocycles. The van der Waals surface area contributed by atoms with Crippen molar-refractivity contribution in [3.05, 3.63) is 65.6 Å². The average molecular weight is 438 g/mol. The molecule has 6 nitrogen and oxygen atoms in total. The molecule has 32 heavy (non-hydrogen) atoms. The monoisotopic (exact) mass is 437 g/mol. The number of ether oxygens (including phenoxy) is 1. The van der Waals surface area contributed by atoms with E-state index in [-0.39, 0.29) is 11.6 Å². The molecule has 1 aromatic heterocycles. The van der Waals surface area contributed by atoms with Gasteiger partial charge in [-0.3, -0.25) is 10.9 Å². The van der Waals surface area contributed by atoms with Gasteiger partial charge in [-0.25, -0.2) is 9.07 Å². The quantitative estimate of drug-likeness (QED) is 0.587. The number of aromatic nitrogens is 2. The summed E-state index contributed by atoms with van der Waals surface area (Å²) in [6.07, 6.45) is 2.06. The molecular formula is C25H32FN5O. The molecule has 0 spiro atoms. The van der Waals surface area contributed by atoms with Crippen molar-refractivity contribution in [2.24, 2.45) is 5.92 Å². The van der Waals surface area contributed by atoms with Gasteiger partial charge in [0.15, 0.2) is 11.6 Å². The van der Waals surface area contributed by atoms with Crippen molar-refractivity contribution in [2.75, 3.05) is 20.7 Å². The lowest BCUT2D eigenvalue weighted by molar-refractivity contribution is 0.249. The molecule has 2 N–H and O–H groups in total. The van der Waals surface area contributed by atoms with E-state index in [9.17, 15) is 4.39 Å². The lowest BCUT2D eigenvalue weighted by Crippen LogP contribution is -2.35. The zero-order chi connectivity index (χ0) is 22.8. The summed E-state index contributed by atoms with van der Waals surface area (Å²) in [5, 5.41) is 4.88. The van der Waals surface area contributed by atoms with Crippen LogP contribution in [-0.2, 0) is 6.54 Å². The van der Waals surface area contributed by atoms with Gasteiger partial charge in [0.2, 0.25) is 0 Å². The highest BCUT2D eigenvalue weighted by molar-refractivity contribution is 5.64. The summed E-state index contributed by atoms with van der Waals surface area (Å²) in [6.45, 7) is 8.13. The second kappa shape index (κ2) is 9.40. The molecule has 3 aromatic rings. The third-order valence-electron chi connectivity index (χ3n) is 6.36. The summed E-state index contributed by atoms with van der Waals surface area (Å²) in [5.74, 6) is 0.337. The summed E-state index contributed by atoms with van der Waals surface area (Å²) in [6, 6.07) is 14.0. The molecule has 0 radical (unpaired) electrons. The smallest absolute Gasteiger partial charge is 0.165 e. The third-order valence-corrected chi connectivity index (χ3v) is 6.36. The van der Waals surface area contributed by atoms with Crippen LogP contribution in [0.25, 0.3) is 16.9 Å². The van der Waals surface area contributed by atoms with Gasteiger partial charge in [-0.15, -0.1) is 0 Å². The molecule has 2 atom stereocenters. The van der Waals surface area contributed by atoms with Gasteiger partial charge in [-0.2, -0.15) is 5.10 Å². The Hall–Kier alpha value is -2.74. The lowest BCUT2D eigenvalue weighted by Gasteiger charge is -2.25. The van der Waals surface area contributed by atoms with E-state index in [0.29, 0.717) is 24.5 Å². The van der Waals surface area contributed by atoms with Crippen LogP contribution in [0.3, 0.4) is 0 Å². The average Bonchev–Trinajstić information content (AvgIpc) is 3.32. The second-order valence-electron chi connectivity index (χ2n) is 8.81. The Bertz CT molecular complexity index is 1070. The van der Waals surface area contributed by atoms with Crippen LogP contribution in [0.4, 0.5) is 4.39 Å². The van der Waals surface area contributed by atoms with E-state index >= 15 is 0 Å². The Balaban J connectivity index is 1.68. The van der Waals surface area contributed by atoms with Crippen LogP contribution in [0, 0.1) is 18.7 Å². The third kappa shape index (κ3) is 4.55. The van der Waals surface area contributed by atoms with Crippen molar-refractivity contribution in [1.82, 2.24) is 25.5 Å². The summed E-state index contributed by atoms with van der Waals surface area (Å²) in [5.41, 5.74) is 11.4. The SMILES string of the molecule is COc1ccc(-c2nn(-c3ccccc3C)cc2CN(C)CC2C(C)NNC2C)cc1F. The van der Waals surface area contributed by atoms with Crippen LogP contribution in [0.1, 0.15) is 25.0 Å². The van der Waals surface area contributed by atoms with Crippen molar-refractivity contribution in [3.63, 3.8) is 0 Å². The van der Waals surface area contributed by atoms with E-state index in [4.69, 9.17) is 9.84 Å². The Morgan fingerprint density at radius 3 is 2.50 bits per heavy atom. The first kappa shape index (κ1) is 22.5. The summed E-state index contributed by atoms with van der Waals surface area (Å²) in [7, 11) is 3.60. The molecule has 0 amide bonds. The number of benzene rings is 2. The van der Waals surface area contributed by atoms with Crippen LogP contribution in [0.5, 0.6) is 5.75 Å². The van der Waals surface area contributed by atoms with Gasteiger partial charge in [0.1, 0.15) is 0 Å². The van der Waals surface area contributed by atoms with Crippen molar-refractivity contribution in [3.8, 4) is 22.7 Å². The first-order valence-corrected chi connectivity index (χ1v) is 11.1. The molecule has 1 aliphatic rings. The molecular weight excluding hydrogens is 405 g/mol. The van der Waals surface area contributed by atoms with Crippen LogP contribution >= 0.6 is 0 Å². The van der Waals surface area contributed by atoms with Gasteiger partial charge < -0.3 is 9.64 Å². The van der Waals surface area contributed by atoms with Crippen LogP contribution in [-0.4, -0.2) is 47.5 Å². The van der Waals surface area contributed by atoms with Gasteiger partial charge >= 0.3 is 0 Å². The topological polar surface area (TPSA) is 54.4 Å². The second-order valence-corrected chi connectivity index (χ2v) is 8.81. The molecule has 2 heterocycles. The number of hydrazine groups is 1. The molecule has 1 saturated heterocycles. The predicted molar refractivity (Wildman–Crippen MR) is 125 cm³/mol. The number of hydrogen-bond acceptors (Lipinski definition) is 5. The first-order valence-electron chi connectivity index (χ1n) is 11.1. The number of rotatable bonds is 7. The van der Waals surface area contributed by atoms with Gasteiger partial charge in [0.05, 0.1) is 18.5 Å². The maximum absolute atomic E-state index is 14.5. The molecule has 2 aromatic carbocycles. The molecule has 1 fully saturated rings. The maximum atomic E-state index is 14.5. The molecule has 0 bridgehead atoms. The minimum atomic E-state index is -0.388. The Morgan fingerprint density at radius 1 is 1.12 bits per heavy atom. The maximum Gasteiger partial charge on any atom is 0.165 e. The van der Waals surface area contributed by atoms with Crippen molar-refractivity contribution >= 4 is 0 Å². The summed E-state index contributed by atoms with van der Waals surface area (Å²) in [4.78, 5) is 2.31. The minimum absolute atomic E-state index is 0.231. The number of halogens is 1. The van der Waals surface area contributed by atoms with Crippen molar-refractivity contribution < 1.29 is 9.13 Å². The number of para-hydroxylation sites is 1. The zero-order valence-electron chi connectivity index (χ0n) is 19.4. The van der Waals surface area contributed by atoms with Crippen molar-refractivity contribution in [1.29, 1.82) is 0 Å². The minimum Gasteiger partial charge on any atom is -0.494 e. The normalized spacial score (nSPS) is 20.8. The van der Waals surface area contributed by atoms with E-state index < -0.39 is 0 Å². The van der Waals surface area contributed by atoms with Gasteiger partial charge in [-0.1, -0.05) is 18.2 Å². The number of methoxy groups -OCH3 is 1. The number of nitrogens with one attached hydrogen (secondary N) is 2. The summed E-state index contributed by atoms with van der Waals surface area (Å²) >= 11 is 0. The fourth-order valence-corrected chi connectivity index (χ4v) is 4.47. The van der Waals surface area contributed by atoms with E-state index in [1.165, 1.54) is 13.2 Å². The van der Waals surface area contributed by atoms with Crippen molar-refractivity contribution in [2.45, 2.75) is 39.4 Å². The standard InChI is InChI=1S/C25H32FN5O/c1-16-8-6-7-9-23(16)31-14-20(13-30(4)15-21-17(2)27-28-18(21)3)25(29-31)19-10-11-24(32-5)22(26)12-19/h6-12,14,17-18,21,27-28H,13,15H2,1-5H3. The number of hydrogen-bond donors (Lipinski definition) is 2. The molecule has 7 heteroatoms. The first-order chi connectivity index (χ1) is 15.4. The van der Waals surface area contributed by atoms with Gasteiger partial charge in [-0.05, 0) is 57.6 Å². The van der Waals surface area contributed by atoms with E-state index in [1.54, 1.807) is 6.07 Å². The lowest BCUT2D eigenvalue weighted by atomic mass is 9.96. The van der Waals surface area contributed by atoms with Gasteiger partial charge in [0, 0.05) is 48.4 Å². The van der Waals surface area contributed by atoms with Crippen LogP contribution in [0.2, 0.25) is 0 Å². The Morgan fingerprint density at radius 2 is 1.84 bits per heavy atom. The van der Waals surface area contributed by atoms with Gasteiger partial charge in [0.25, 0.3) is 0 Å². The van der Waals surface area contributed by atoms with Crippen LogP contribution < -0.4 is 15.6 Å². The molecule has 170 valence electrons. The van der Waals surface area contributed by atoms with Crippen LogP contribution in [0.15, 0.2) is 48.7 Å². The molecule has 0 aliphatic carbocycles. The summed E-state index contributed by atoms with van der Waals surface area (Å²) < 4.78 is 21.5. The highest BCUT2D eigenvalue weighted by Crippen LogP contribution is 2.29. The predicted octanol–water partition coefficient (Wildman–Crippen LogP) is 3.93. The molecule has 2 unspecified atom stereocenters. The molecule has 0 saturated carbocycles. The van der Waals surface area contributed by atoms with E-state index in [0.717, 1.165) is 34.6 Å². The molecule has 4 rings (SSSR count). The Labute approximate surface area is 189 Å². The highest BCUT2D eigenvalue weighted by atomic mass is 19.1. The number of nitrogens with zero attached hydrogens (tertiary/aromatic N) is 3. The van der Waals surface area contributed by atoms with E-state index in [2.05, 4.69) is 55.8 Å². The highest BCUT2D eigenvalue weighted by Gasteiger charge is 2.30.